The molecular formula is C20H11F13INO. The number of halogens is 14. The van der Waals surface area contributed by atoms with Crippen molar-refractivity contribution >= 4 is 34.1 Å². The molecule has 0 spiro atoms. The first-order valence-electron chi connectivity index (χ1n) is 9.21. The Labute approximate surface area is 207 Å². The van der Waals surface area contributed by atoms with E-state index in [-0.39, 0.29) is 11.8 Å². The van der Waals surface area contributed by atoms with Gasteiger partial charge in [-0.05, 0) is 52.4 Å². The Morgan fingerprint density at radius 3 is 1.89 bits per heavy atom. The molecule has 0 saturated carbocycles. The second-order valence-electron chi connectivity index (χ2n) is 7.23. The molecule has 1 atom stereocenters. The van der Waals surface area contributed by atoms with Gasteiger partial charge in [0.25, 0.3) is 0 Å². The van der Waals surface area contributed by atoms with Crippen molar-refractivity contribution in [2.45, 2.75) is 36.5 Å². The van der Waals surface area contributed by atoms with E-state index in [0.29, 0.717) is 0 Å². The molecule has 1 N–H and O–H groups in total. The van der Waals surface area contributed by atoms with Gasteiger partial charge < -0.3 is 5.32 Å². The molecular weight excluding hydrogens is 644 g/mol. The maximum absolute atomic E-state index is 14.8. The lowest BCUT2D eigenvalue weighted by atomic mass is 9.85. The number of Topliss-reactive ketones (excluding diaryl/α,β-unsaturated/α-hetero) is 1. The molecule has 36 heavy (non-hydrogen) atoms. The molecule has 0 aromatic heterocycles. The summed E-state index contributed by atoms with van der Waals surface area (Å²) in [4.78, 5) is 12.5. The van der Waals surface area contributed by atoms with Crippen LogP contribution in [0.1, 0.15) is 27.0 Å². The van der Waals surface area contributed by atoms with Crippen molar-refractivity contribution in [1.82, 2.24) is 0 Å². The molecule has 0 bridgehead atoms. The highest BCUT2D eigenvalue weighted by Gasteiger charge is 2.81. The number of hydrogen-bond donors (Lipinski definition) is 1. The summed E-state index contributed by atoms with van der Waals surface area (Å²) in [6.07, 6.45) is -21.3. The fourth-order valence-corrected chi connectivity index (χ4v) is 4.00. The van der Waals surface area contributed by atoms with Gasteiger partial charge in [0.05, 0.1) is 16.8 Å². The summed E-state index contributed by atoms with van der Waals surface area (Å²) in [5.41, 5.74) is -13.8. The summed E-state index contributed by atoms with van der Waals surface area (Å²) in [6.45, 7) is 0. The molecule has 16 heteroatoms. The number of carbonyl (C=O) groups is 1. The van der Waals surface area contributed by atoms with Crippen molar-refractivity contribution in [1.29, 1.82) is 0 Å². The van der Waals surface area contributed by atoms with Crippen LogP contribution in [0.15, 0.2) is 30.3 Å². The van der Waals surface area contributed by atoms with Gasteiger partial charge in [-0.1, -0.05) is 6.07 Å². The van der Waals surface area contributed by atoms with Crippen LogP contribution in [0.25, 0.3) is 0 Å². The van der Waals surface area contributed by atoms with Crippen molar-refractivity contribution in [3.63, 3.8) is 0 Å². The molecule has 2 aromatic carbocycles. The zero-order valence-corrected chi connectivity index (χ0v) is 19.5. The standard InChI is InChI=1S/C20H11F13INO/c1-35-13-4-2-3-9(15(13)21)14(36)7-10-11(17(23,24)25)5-8(6-12(10)34)16(22,19(28,29)30)18(26,27)20(31,32)33/h2-6,35H,7H2,1H3. The molecule has 0 radical (unpaired) electrons. The lowest BCUT2D eigenvalue weighted by Crippen LogP contribution is -2.59. The van der Waals surface area contributed by atoms with E-state index in [2.05, 4.69) is 5.32 Å². The van der Waals surface area contributed by atoms with E-state index in [1.807, 2.05) is 0 Å². The average Bonchev–Trinajstić information content (AvgIpc) is 2.71. The second-order valence-corrected chi connectivity index (χ2v) is 8.39. The Hall–Kier alpha value is -2.27. The second kappa shape index (κ2) is 9.55. The molecule has 2 aromatic rings. The minimum absolute atomic E-state index is 0.247. The minimum Gasteiger partial charge on any atom is -0.386 e. The highest BCUT2D eigenvalue weighted by atomic mass is 127. The fraction of sp³-hybridized carbons (Fsp3) is 0.350. The van der Waals surface area contributed by atoms with Gasteiger partial charge in [-0.3, -0.25) is 4.79 Å². The van der Waals surface area contributed by atoms with Gasteiger partial charge in [-0.15, -0.1) is 0 Å². The monoisotopic (exact) mass is 655 g/mol. The quantitative estimate of drug-likeness (QED) is 0.195. The van der Waals surface area contributed by atoms with E-state index >= 15 is 0 Å². The van der Waals surface area contributed by atoms with Gasteiger partial charge in [-0.2, -0.15) is 48.3 Å². The van der Waals surface area contributed by atoms with Crippen LogP contribution in [0.2, 0.25) is 0 Å². The number of hydrogen-bond acceptors (Lipinski definition) is 2. The molecule has 0 aliphatic heterocycles. The minimum atomic E-state index is -7.20. The van der Waals surface area contributed by atoms with Crippen molar-refractivity contribution < 1.29 is 61.9 Å². The molecule has 0 fully saturated rings. The van der Waals surface area contributed by atoms with Crippen molar-refractivity contribution in [2.24, 2.45) is 0 Å². The van der Waals surface area contributed by atoms with Gasteiger partial charge in [0.15, 0.2) is 11.6 Å². The summed E-state index contributed by atoms with van der Waals surface area (Å²) in [6, 6.07) is 2.00. The molecule has 0 aliphatic rings. The SMILES string of the molecule is CNc1cccc(C(=O)Cc2c(I)cc(C(F)(C(F)(F)F)C(F)(F)C(F)(F)F)cc2C(F)(F)F)c1F. The number of nitrogens with one attached hydrogen (secondary N) is 1. The number of benzene rings is 2. The highest BCUT2D eigenvalue weighted by molar-refractivity contribution is 14.1. The van der Waals surface area contributed by atoms with E-state index < -0.39 is 80.0 Å². The summed E-state index contributed by atoms with van der Waals surface area (Å²) < 4.78 is 175. The zero-order chi connectivity index (χ0) is 28.1. The van der Waals surface area contributed by atoms with Crippen LogP contribution < -0.4 is 5.32 Å². The first-order chi connectivity index (χ1) is 16.1. The van der Waals surface area contributed by atoms with Crippen LogP contribution in [-0.4, -0.2) is 31.1 Å². The first-order valence-corrected chi connectivity index (χ1v) is 10.3. The molecule has 1 unspecified atom stereocenters. The van der Waals surface area contributed by atoms with Crippen LogP contribution in [0.5, 0.6) is 0 Å². The molecule has 0 aliphatic carbocycles. The zero-order valence-electron chi connectivity index (χ0n) is 17.3. The van der Waals surface area contributed by atoms with Crippen LogP contribution in [0.4, 0.5) is 62.8 Å². The van der Waals surface area contributed by atoms with Gasteiger partial charge >= 0.3 is 30.1 Å². The number of anilines is 1. The van der Waals surface area contributed by atoms with E-state index in [1.54, 1.807) is 0 Å². The van der Waals surface area contributed by atoms with Gasteiger partial charge in [-0.25, -0.2) is 8.78 Å². The molecule has 2 nitrogen and oxygen atoms in total. The molecule has 0 amide bonds. The number of carbonyl (C=O) groups excluding carboxylic acids is 1. The highest BCUT2D eigenvalue weighted by Crippen LogP contribution is 2.59. The predicted molar refractivity (Wildman–Crippen MR) is 108 cm³/mol. The van der Waals surface area contributed by atoms with Crippen molar-refractivity contribution in [3.05, 3.63) is 62.0 Å². The average molecular weight is 655 g/mol. The Kier molecular flexibility index (Phi) is 7.95. The Morgan fingerprint density at radius 2 is 1.44 bits per heavy atom. The summed E-state index contributed by atoms with van der Waals surface area (Å²) in [5, 5.41) is 2.35. The van der Waals surface area contributed by atoms with Crippen LogP contribution in [-0.2, 0) is 18.3 Å². The molecule has 2 rings (SSSR count). The Balaban J connectivity index is 2.79. The normalized spacial score (nSPS) is 15.0. The molecule has 0 heterocycles. The number of alkyl halides is 12. The molecule has 200 valence electrons. The Morgan fingerprint density at radius 1 is 0.889 bits per heavy atom. The lowest BCUT2D eigenvalue weighted by molar-refractivity contribution is -0.389. The van der Waals surface area contributed by atoms with Crippen molar-refractivity contribution in [3.8, 4) is 0 Å². The molecule has 0 saturated heterocycles. The summed E-state index contributed by atoms with van der Waals surface area (Å²) in [5.74, 6) is -9.74. The van der Waals surface area contributed by atoms with E-state index in [4.69, 9.17) is 0 Å². The number of ketones is 1. The maximum Gasteiger partial charge on any atom is 0.457 e. The maximum atomic E-state index is 14.8. The third-order valence-corrected chi connectivity index (χ3v) is 5.95. The smallest absolute Gasteiger partial charge is 0.386 e. The number of rotatable bonds is 6. The van der Waals surface area contributed by atoms with E-state index in [0.717, 1.165) is 40.8 Å². The predicted octanol–water partition coefficient (Wildman–Crippen LogP) is 7.84. The third-order valence-electron chi connectivity index (χ3n) is 4.98. The van der Waals surface area contributed by atoms with Gasteiger partial charge in [0.2, 0.25) is 0 Å². The van der Waals surface area contributed by atoms with Crippen LogP contribution in [0.3, 0.4) is 0 Å². The summed E-state index contributed by atoms with van der Waals surface area (Å²) >= 11 is 0.826. The van der Waals surface area contributed by atoms with Crippen molar-refractivity contribution in [2.75, 3.05) is 12.4 Å². The van der Waals surface area contributed by atoms with E-state index in [9.17, 15) is 61.9 Å². The summed E-state index contributed by atoms with van der Waals surface area (Å²) in [7, 11) is 1.25. The van der Waals surface area contributed by atoms with Gasteiger partial charge in [0, 0.05) is 22.6 Å². The Bertz CT molecular complexity index is 1150. The first kappa shape index (κ1) is 30.0. The van der Waals surface area contributed by atoms with Crippen LogP contribution >= 0.6 is 22.6 Å². The van der Waals surface area contributed by atoms with E-state index in [1.165, 1.54) is 7.05 Å². The fourth-order valence-electron chi connectivity index (χ4n) is 3.18. The topological polar surface area (TPSA) is 29.1 Å². The van der Waals surface area contributed by atoms with Gasteiger partial charge in [0.1, 0.15) is 0 Å². The van der Waals surface area contributed by atoms with Crippen LogP contribution in [0, 0.1) is 9.39 Å². The lowest BCUT2D eigenvalue weighted by Gasteiger charge is -2.36. The third kappa shape index (κ3) is 5.09. The largest absolute Gasteiger partial charge is 0.457 e.